The van der Waals surface area contributed by atoms with Gasteiger partial charge in [0.1, 0.15) is 5.02 Å². The Kier molecular flexibility index (Phi) is 5.20. The molecule has 0 spiro atoms. The molecule has 1 fully saturated rings. The molecule has 0 aliphatic carbocycles. The van der Waals surface area contributed by atoms with E-state index in [0.717, 1.165) is 38.3 Å². The van der Waals surface area contributed by atoms with Crippen LogP contribution in [0.5, 0.6) is 0 Å². The van der Waals surface area contributed by atoms with Crippen LogP contribution < -0.4 is 10.3 Å². The third-order valence-corrected chi connectivity index (χ3v) is 5.00. The second-order valence-corrected chi connectivity index (χ2v) is 6.99. The fraction of sp³-hybridized carbons (Fsp3) is 0.583. The number of rotatable bonds is 6. The molecule has 1 saturated heterocycles. The third kappa shape index (κ3) is 4.05. The number of nitrogens with one attached hydrogen (secondary N) is 2. The number of likely N-dealkylation sites (tertiary alicyclic amines) is 1. The van der Waals surface area contributed by atoms with Crippen LogP contribution in [-0.4, -0.2) is 44.5 Å². The maximum Gasteiger partial charge on any atom is 0.266 e. The highest BCUT2D eigenvalue weighted by atomic mass is 35.5. The lowest BCUT2D eigenvalue weighted by Gasteiger charge is -2.14. The molecule has 20 heavy (non-hydrogen) atoms. The Bertz CT molecular complexity index is 609. The lowest BCUT2D eigenvalue weighted by molar-refractivity contribution is 0.334. The van der Waals surface area contributed by atoms with E-state index in [1.807, 2.05) is 0 Å². The number of pyridine rings is 1. The van der Waals surface area contributed by atoms with Crippen LogP contribution in [0.3, 0.4) is 0 Å². The fourth-order valence-electron chi connectivity index (χ4n) is 2.19. The van der Waals surface area contributed by atoms with Gasteiger partial charge in [-0.15, -0.1) is 0 Å². The van der Waals surface area contributed by atoms with Crippen molar-refractivity contribution < 1.29 is 8.42 Å². The second-order valence-electron chi connectivity index (χ2n) is 4.81. The molecular formula is C12H18ClN3O3S. The molecule has 6 nitrogen and oxygen atoms in total. The first-order chi connectivity index (χ1) is 9.49. The molecule has 2 heterocycles. The van der Waals surface area contributed by atoms with Crippen LogP contribution in [0, 0.1) is 0 Å². The van der Waals surface area contributed by atoms with E-state index in [4.69, 9.17) is 11.6 Å². The number of halogens is 1. The van der Waals surface area contributed by atoms with Crippen LogP contribution in [0.1, 0.15) is 19.3 Å². The average molecular weight is 320 g/mol. The van der Waals surface area contributed by atoms with E-state index in [1.165, 1.54) is 12.8 Å². The van der Waals surface area contributed by atoms with Crippen molar-refractivity contribution in [2.24, 2.45) is 0 Å². The maximum absolute atomic E-state index is 12.0. The van der Waals surface area contributed by atoms with Crippen LogP contribution in [-0.2, 0) is 10.0 Å². The smallest absolute Gasteiger partial charge is 0.266 e. The summed E-state index contributed by atoms with van der Waals surface area (Å²) in [4.78, 5) is 15.7. The van der Waals surface area contributed by atoms with Gasteiger partial charge in [-0.25, -0.2) is 13.1 Å². The van der Waals surface area contributed by atoms with Gasteiger partial charge in [-0.3, -0.25) is 4.79 Å². The molecule has 0 unspecified atom stereocenters. The predicted octanol–water partition coefficient (Wildman–Crippen LogP) is 0.792. The van der Waals surface area contributed by atoms with E-state index in [1.54, 1.807) is 0 Å². The van der Waals surface area contributed by atoms with Crippen molar-refractivity contribution in [2.75, 3.05) is 26.2 Å². The van der Waals surface area contributed by atoms with Crippen LogP contribution in [0.2, 0.25) is 5.02 Å². The van der Waals surface area contributed by atoms with E-state index in [0.29, 0.717) is 6.54 Å². The Morgan fingerprint density at radius 1 is 1.35 bits per heavy atom. The Morgan fingerprint density at radius 3 is 2.70 bits per heavy atom. The number of hydrogen-bond acceptors (Lipinski definition) is 4. The molecule has 1 aromatic heterocycles. The van der Waals surface area contributed by atoms with Crippen molar-refractivity contribution >= 4 is 21.6 Å². The summed E-state index contributed by atoms with van der Waals surface area (Å²) in [7, 11) is -3.62. The number of aromatic amines is 1. The Labute approximate surface area is 123 Å². The van der Waals surface area contributed by atoms with Crippen LogP contribution >= 0.6 is 11.6 Å². The highest BCUT2D eigenvalue weighted by Gasteiger charge is 2.16. The Hall–Kier alpha value is -0.890. The molecule has 112 valence electrons. The Morgan fingerprint density at radius 2 is 2.05 bits per heavy atom. The average Bonchev–Trinajstić information content (AvgIpc) is 2.91. The highest BCUT2D eigenvalue weighted by Crippen LogP contribution is 2.11. The van der Waals surface area contributed by atoms with Gasteiger partial charge < -0.3 is 9.88 Å². The van der Waals surface area contributed by atoms with E-state index >= 15 is 0 Å². The molecule has 8 heteroatoms. The summed E-state index contributed by atoms with van der Waals surface area (Å²) in [5.74, 6) is 0. The number of hydrogen-bond donors (Lipinski definition) is 2. The van der Waals surface area contributed by atoms with Gasteiger partial charge in [0.05, 0.1) is 4.90 Å². The van der Waals surface area contributed by atoms with Crippen molar-refractivity contribution in [1.29, 1.82) is 0 Å². The van der Waals surface area contributed by atoms with Gasteiger partial charge in [-0.05, 0) is 45.0 Å². The molecule has 1 aromatic rings. The van der Waals surface area contributed by atoms with Crippen molar-refractivity contribution in [2.45, 2.75) is 24.2 Å². The van der Waals surface area contributed by atoms with Gasteiger partial charge in [0.2, 0.25) is 10.0 Å². The zero-order valence-corrected chi connectivity index (χ0v) is 12.6. The minimum atomic E-state index is -3.62. The molecule has 1 aliphatic heterocycles. The fourth-order valence-corrected chi connectivity index (χ4v) is 3.50. The minimum Gasteiger partial charge on any atom is -0.326 e. The van der Waals surface area contributed by atoms with E-state index in [9.17, 15) is 13.2 Å². The zero-order chi connectivity index (χ0) is 14.6. The first-order valence-corrected chi connectivity index (χ1v) is 8.45. The quantitative estimate of drug-likeness (QED) is 0.760. The molecular weight excluding hydrogens is 302 g/mol. The number of H-pyrrole nitrogens is 1. The Balaban J connectivity index is 1.86. The van der Waals surface area contributed by atoms with Gasteiger partial charge in [0, 0.05) is 12.7 Å². The lowest BCUT2D eigenvalue weighted by Crippen LogP contribution is -2.29. The largest absolute Gasteiger partial charge is 0.326 e. The molecule has 0 bridgehead atoms. The molecule has 0 atom stereocenters. The van der Waals surface area contributed by atoms with Crippen molar-refractivity contribution in [3.05, 3.63) is 27.6 Å². The summed E-state index contributed by atoms with van der Waals surface area (Å²) in [5.41, 5.74) is -0.500. The molecule has 0 amide bonds. The van der Waals surface area contributed by atoms with Gasteiger partial charge in [0.15, 0.2) is 0 Å². The van der Waals surface area contributed by atoms with E-state index < -0.39 is 15.6 Å². The normalized spacial score (nSPS) is 16.6. The summed E-state index contributed by atoms with van der Waals surface area (Å²) in [6.07, 6.45) is 4.36. The molecule has 0 saturated carbocycles. The molecule has 2 N–H and O–H groups in total. The van der Waals surface area contributed by atoms with Gasteiger partial charge in [-0.1, -0.05) is 11.6 Å². The summed E-state index contributed by atoms with van der Waals surface area (Å²) in [5, 5.41) is -0.134. The van der Waals surface area contributed by atoms with Gasteiger partial charge >= 0.3 is 0 Å². The molecule has 0 aromatic carbocycles. The van der Waals surface area contributed by atoms with E-state index in [2.05, 4.69) is 14.6 Å². The van der Waals surface area contributed by atoms with Crippen molar-refractivity contribution in [1.82, 2.24) is 14.6 Å². The van der Waals surface area contributed by atoms with Gasteiger partial charge in [0.25, 0.3) is 5.56 Å². The van der Waals surface area contributed by atoms with Crippen molar-refractivity contribution in [3.63, 3.8) is 0 Å². The standard InChI is InChI=1S/C12H18ClN3O3S/c13-11-8-10(9-14-12(11)17)20(18,19)15-4-3-7-16-5-1-2-6-16/h8-9,15H,1-7H2,(H,14,17). The topological polar surface area (TPSA) is 82.3 Å². The van der Waals surface area contributed by atoms with E-state index in [-0.39, 0.29) is 9.92 Å². The SMILES string of the molecule is O=c1[nH]cc(S(=O)(=O)NCCCN2CCCC2)cc1Cl. The summed E-state index contributed by atoms with van der Waals surface area (Å²) in [6, 6.07) is 1.16. The zero-order valence-electron chi connectivity index (χ0n) is 11.1. The maximum atomic E-state index is 12.0. The summed E-state index contributed by atoms with van der Waals surface area (Å²) >= 11 is 5.62. The third-order valence-electron chi connectivity index (χ3n) is 3.28. The monoisotopic (exact) mass is 319 g/mol. The van der Waals surface area contributed by atoms with Crippen LogP contribution in [0.15, 0.2) is 22.0 Å². The molecule has 2 rings (SSSR count). The van der Waals surface area contributed by atoms with Crippen LogP contribution in [0.4, 0.5) is 0 Å². The van der Waals surface area contributed by atoms with Crippen LogP contribution in [0.25, 0.3) is 0 Å². The second kappa shape index (κ2) is 6.71. The first-order valence-electron chi connectivity index (χ1n) is 6.59. The summed E-state index contributed by atoms with van der Waals surface area (Å²) in [6.45, 7) is 3.47. The summed E-state index contributed by atoms with van der Waals surface area (Å²) < 4.78 is 26.5. The first kappa shape index (κ1) is 15.5. The lowest BCUT2D eigenvalue weighted by atomic mass is 10.4. The number of sulfonamides is 1. The van der Waals surface area contributed by atoms with Crippen molar-refractivity contribution in [3.8, 4) is 0 Å². The number of nitrogens with zero attached hydrogens (tertiary/aromatic N) is 1. The minimum absolute atomic E-state index is 0.0247. The van der Waals surface area contributed by atoms with Gasteiger partial charge in [-0.2, -0.15) is 0 Å². The predicted molar refractivity (Wildman–Crippen MR) is 77.6 cm³/mol. The highest BCUT2D eigenvalue weighted by molar-refractivity contribution is 7.89. The molecule has 1 aliphatic rings. The number of aromatic nitrogens is 1. The molecule has 0 radical (unpaired) electrons.